The van der Waals surface area contributed by atoms with Crippen LogP contribution in [0.3, 0.4) is 0 Å². The minimum absolute atomic E-state index is 0.545. The molecule has 1 aromatic rings. The van der Waals surface area contributed by atoms with Crippen molar-refractivity contribution in [3.05, 3.63) is 22.3 Å². The number of hydrogen-bond acceptors (Lipinski definition) is 2. The minimum atomic E-state index is 0.545. The van der Waals surface area contributed by atoms with Crippen molar-refractivity contribution in [2.24, 2.45) is 0 Å². The lowest BCUT2D eigenvalue weighted by molar-refractivity contribution is 0.610. The molecule has 84 valence electrons. The van der Waals surface area contributed by atoms with Crippen molar-refractivity contribution in [1.82, 2.24) is 4.98 Å². The molecule has 15 heavy (non-hydrogen) atoms. The fourth-order valence-electron chi connectivity index (χ4n) is 1.56. The van der Waals surface area contributed by atoms with Gasteiger partial charge in [0.2, 0.25) is 0 Å². The van der Waals surface area contributed by atoms with E-state index >= 15 is 0 Å². The van der Waals surface area contributed by atoms with Crippen LogP contribution in [0, 0.1) is 6.92 Å². The predicted octanol–water partition coefficient (Wildman–Crippen LogP) is 3.78. The van der Waals surface area contributed by atoms with E-state index in [0.717, 1.165) is 16.0 Å². The first-order valence-corrected chi connectivity index (χ1v) is 6.21. The molecule has 0 amide bonds. The highest BCUT2D eigenvalue weighted by atomic mass is 79.9. The molecular weight excluding hydrogens is 252 g/mol. The fraction of sp³-hybridized carbons (Fsp3) is 0.583. The molecule has 0 bridgehead atoms. The van der Waals surface area contributed by atoms with Gasteiger partial charge in [-0.25, -0.2) is 4.98 Å². The Hall–Kier alpha value is -0.570. The molecule has 1 heterocycles. The molecule has 0 saturated heterocycles. The van der Waals surface area contributed by atoms with Crippen LogP contribution in [0.2, 0.25) is 0 Å². The first-order valence-electron chi connectivity index (χ1n) is 5.42. The van der Waals surface area contributed by atoms with Gasteiger partial charge < -0.3 is 4.90 Å². The Morgan fingerprint density at radius 1 is 1.47 bits per heavy atom. The summed E-state index contributed by atoms with van der Waals surface area (Å²) in [6.45, 7) is 6.47. The van der Waals surface area contributed by atoms with Crippen molar-refractivity contribution in [2.45, 2.75) is 39.7 Å². The maximum Gasteiger partial charge on any atom is 0.128 e. The Morgan fingerprint density at radius 2 is 2.13 bits per heavy atom. The van der Waals surface area contributed by atoms with Gasteiger partial charge in [0.1, 0.15) is 5.82 Å². The summed E-state index contributed by atoms with van der Waals surface area (Å²) >= 11 is 3.47. The number of aromatic nitrogens is 1. The molecule has 0 aliphatic carbocycles. The molecule has 0 spiro atoms. The van der Waals surface area contributed by atoms with Crippen molar-refractivity contribution in [3.8, 4) is 0 Å². The zero-order valence-electron chi connectivity index (χ0n) is 9.92. The lowest BCUT2D eigenvalue weighted by atomic mass is 10.2. The van der Waals surface area contributed by atoms with E-state index in [-0.39, 0.29) is 0 Å². The molecule has 0 fully saturated rings. The highest BCUT2D eigenvalue weighted by molar-refractivity contribution is 9.10. The van der Waals surface area contributed by atoms with Gasteiger partial charge in [-0.3, -0.25) is 0 Å². The average molecular weight is 271 g/mol. The molecule has 2 nitrogen and oxygen atoms in total. The summed E-state index contributed by atoms with van der Waals surface area (Å²) in [7, 11) is 2.11. The van der Waals surface area contributed by atoms with Crippen LogP contribution < -0.4 is 4.90 Å². The van der Waals surface area contributed by atoms with E-state index in [2.05, 4.69) is 58.8 Å². The summed E-state index contributed by atoms with van der Waals surface area (Å²) in [6.07, 6.45) is 2.41. The zero-order valence-corrected chi connectivity index (χ0v) is 11.5. The zero-order chi connectivity index (χ0) is 11.4. The molecule has 0 aliphatic heterocycles. The molecule has 1 aromatic heterocycles. The van der Waals surface area contributed by atoms with E-state index in [9.17, 15) is 0 Å². The Kier molecular flexibility index (Phi) is 4.58. The van der Waals surface area contributed by atoms with Gasteiger partial charge in [-0.1, -0.05) is 13.3 Å². The van der Waals surface area contributed by atoms with E-state index in [1.54, 1.807) is 0 Å². The normalized spacial score (nSPS) is 12.6. The summed E-state index contributed by atoms with van der Waals surface area (Å²) in [4.78, 5) is 6.79. The Morgan fingerprint density at radius 3 is 2.67 bits per heavy atom. The van der Waals surface area contributed by atoms with Crippen LogP contribution >= 0.6 is 15.9 Å². The first kappa shape index (κ1) is 12.5. The van der Waals surface area contributed by atoms with Crippen LogP contribution in [0.25, 0.3) is 0 Å². The van der Waals surface area contributed by atoms with Crippen LogP contribution in [-0.2, 0) is 0 Å². The predicted molar refractivity (Wildman–Crippen MR) is 69.4 cm³/mol. The smallest absolute Gasteiger partial charge is 0.128 e. The summed E-state index contributed by atoms with van der Waals surface area (Å²) in [6, 6.07) is 4.67. The quantitative estimate of drug-likeness (QED) is 0.828. The number of pyridine rings is 1. The molecule has 0 aromatic carbocycles. The van der Waals surface area contributed by atoms with Crippen LogP contribution in [0.1, 0.15) is 32.4 Å². The molecule has 0 saturated carbocycles. The maximum absolute atomic E-state index is 4.56. The molecule has 1 unspecified atom stereocenters. The fourth-order valence-corrected chi connectivity index (χ4v) is 1.79. The SMILES string of the molecule is CCCC(C)N(C)c1ccc(Br)c(C)n1. The standard InChI is InChI=1S/C12H19BrN2/c1-5-6-9(2)15(4)12-8-7-11(13)10(3)14-12/h7-9H,5-6H2,1-4H3. The van der Waals surface area contributed by atoms with Crippen molar-refractivity contribution < 1.29 is 0 Å². The highest BCUT2D eigenvalue weighted by Gasteiger charge is 2.10. The third-order valence-corrected chi connectivity index (χ3v) is 3.57. The second-order valence-electron chi connectivity index (χ2n) is 3.99. The molecular formula is C12H19BrN2. The highest BCUT2D eigenvalue weighted by Crippen LogP contribution is 2.20. The number of nitrogens with zero attached hydrogens (tertiary/aromatic N) is 2. The van der Waals surface area contributed by atoms with E-state index < -0.39 is 0 Å². The van der Waals surface area contributed by atoms with Gasteiger partial charge in [-0.15, -0.1) is 0 Å². The maximum atomic E-state index is 4.56. The van der Waals surface area contributed by atoms with E-state index in [1.807, 2.05) is 6.92 Å². The first-order chi connectivity index (χ1) is 7.06. The lowest BCUT2D eigenvalue weighted by Gasteiger charge is -2.26. The van der Waals surface area contributed by atoms with Gasteiger partial charge in [0.25, 0.3) is 0 Å². The molecule has 3 heteroatoms. The van der Waals surface area contributed by atoms with Crippen molar-refractivity contribution in [1.29, 1.82) is 0 Å². The third kappa shape index (κ3) is 3.20. The summed E-state index contributed by atoms with van der Waals surface area (Å²) < 4.78 is 1.07. The van der Waals surface area contributed by atoms with Crippen LogP contribution in [-0.4, -0.2) is 18.1 Å². The minimum Gasteiger partial charge on any atom is -0.357 e. The lowest BCUT2D eigenvalue weighted by Crippen LogP contribution is -2.29. The van der Waals surface area contributed by atoms with Crippen LogP contribution in [0.5, 0.6) is 0 Å². The Balaban J connectivity index is 2.81. The van der Waals surface area contributed by atoms with E-state index in [1.165, 1.54) is 12.8 Å². The summed E-state index contributed by atoms with van der Waals surface area (Å²) in [5.41, 5.74) is 1.04. The number of hydrogen-bond donors (Lipinski definition) is 0. The van der Waals surface area contributed by atoms with Crippen molar-refractivity contribution >= 4 is 21.7 Å². The molecule has 0 radical (unpaired) electrons. The average Bonchev–Trinajstić information content (AvgIpc) is 2.21. The third-order valence-electron chi connectivity index (χ3n) is 2.74. The monoisotopic (exact) mass is 270 g/mol. The van der Waals surface area contributed by atoms with E-state index in [4.69, 9.17) is 0 Å². The van der Waals surface area contributed by atoms with Gasteiger partial charge in [0, 0.05) is 17.6 Å². The second-order valence-corrected chi connectivity index (χ2v) is 4.84. The number of rotatable bonds is 4. The molecule has 0 aliphatic rings. The van der Waals surface area contributed by atoms with Crippen molar-refractivity contribution in [3.63, 3.8) is 0 Å². The molecule has 1 rings (SSSR count). The van der Waals surface area contributed by atoms with Gasteiger partial charge >= 0.3 is 0 Å². The van der Waals surface area contributed by atoms with E-state index in [0.29, 0.717) is 6.04 Å². The Bertz CT molecular complexity index is 325. The van der Waals surface area contributed by atoms with Gasteiger partial charge in [0.15, 0.2) is 0 Å². The van der Waals surface area contributed by atoms with Crippen molar-refractivity contribution in [2.75, 3.05) is 11.9 Å². The van der Waals surface area contributed by atoms with Crippen LogP contribution in [0.4, 0.5) is 5.82 Å². The van der Waals surface area contributed by atoms with Gasteiger partial charge in [0.05, 0.1) is 5.69 Å². The Labute approximate surface area is 101 Å². The second kappa shape index (κ2) is 5.50. The van der Waals surface area contributed by atoms with Crippen LogP contribution in [0.15, 0.2) is 16.6 Å². The summed E-state index contributed by atoms with van der Waals surface area (Å²) in [5, 5.41) is 0. The number of halogens is 1. The molecule has 1 atom stereocenters. The topological polar surface area (TPSA) is 16.1 Å². The van der Waals surface area contributed by atoms with Gasteiger partial charge in [-0.2, -0.15) is 0 Å². The number of aryl methyl sites for hydroxylation is 1. The largest absolute Gasteiger partial charge is 0.357 e. The molecule has 0 N–H and O–H groups in total. The van der Waals surface area contributed by atoms with Gasteiger partial charge in [-0.05, 0) is 48.3 Å². The number of anilines is 1. The summed E-state index contributed by atoms with van der Waals surface area (Å²) in [5.74, 6) is 1.05.